The summed E-state index contributed by atoms with van der Waals surface area (Å²) >= 11 is 0. The minimum absolute atomic E-state index is 0.206. The number of Topliss-reactive ketones (excluding diaryl/α,β-unsaturated/α-hetero) is 2. The van der Waals surface area contributed by atoms with Crippen LogP contribution in [-0.2, 0) is 16.9 Å². The first-order valence-corrected chi connectivity index (χ1v) is 9.81. The molecule has 4 rings (SSSR count). The van der Waals surface area contributed by atoms with E-state index in [2.05, 4.69) is 5.32 Å². The predicted molar refractivity (Wildman–Crippen MR) is 112 cm³/mol. The van der Waals surface area contributed by atoms with Crippen LogP contribution in [0, 0.1) is 0 Å². The van der Waals surface area contributed by atoms with E-state index in [4.69, 9.17) is 4.74 Å². The van der Waals surface area contributed by atoms with Crippen molar-refractivity contribution in [3.05, 3.63) is 107 Å². The molecule has 0 atom stereocenters. The van der Waals surface area contributed by atoms with E-state index in [1.165, 1.54) is 0 Å². The van der Waals surface area contributed by atoms with E-state index < -0.39 is 23.2 Å². The molecule has 1 aliphatic rings. The van der Waals surface area contributed by atoms with Crippen LogP contribution in [0.2, 0.25) is 0 Å². The van der Waals surface area contributed by atoms with E-state index in [-0.39, 0.29) is 6.61 Å². The van der Waals surface area contributed by atoms with Gasteiger partial charge in [-0.3, -0.25) is 9.59 Å². The van der Waals surface area contributed by atoms with Crippen molar-refractivity contribution in [1.29, 1.82) is 0 Å². The molecule has 0 saturated heterocycles. The van der Waals surface area contributed by atoms with Crippen LogP contribution >= 0.6 is 0 Å². The minimum Gasteiger partial charge on any atom is -0.445 e. The molecule has 0 spiro atoms. The van der Waals surface area contributed by atoms with Crippen LogP contribution in [0.5, 0.6) is 0 Å². The second-order valence-electron chi connectivity index (χ2n) is 7.37. The first-order chi connectivity index (χ1) is 14.6. The molecule has 1 saturated carbocycles. The Morgan fingerprint density at radius 2 is 1.27 bits per heavy atom. The highest BCUT2D eigenvalue weighted by molar-refractivity contribution is 6.49. The minimum atomic E-state index is -0.548. The SMILES string of the molecule is O=C(NC1(c2ccc(C(=O)C(=O)c3ccccc3)cc2)CC1)OCc1ccccc1. The zero-order valence-corrected chi connectivity index (χ0v) is 16.3. The van der Waals surface area contributed by atoms with Gasteiger partial charge >= 0.3 is 6.09 Å². The maximum absolute atomic E-state index is 12.5. The Bertz CT molecular complexity index is 1060. The van der Waals surface area contributed by atoms with Gasteiger partial charge in [-0.2, -0.15) is 0 Å². The fraction of sp³-hybridized carbons (Fsp3) is 0.160. The molecule has 0 bridgehead atoms. The Labute approximate surface area is 174 Å². The number of benzene rings is 3. The van der Waals surface area contributed by atoms with Gasteiger partial charge < -0.3 is 10.1 Å². The number of ketones is 2. The average Bonchev–Trinajstić information content (AvgIpc) is 3.58. The van der Waals surface area contributed by atoms with Crippen molar-refractivity contribution in [3.8, 4) is 0 Å². The number of nitrogens with one attached hydrogen (secondary N) is 1. The van der Waals surface area contributed by atoms with Gasteiger partial charge in [0.25, 0.3) is 0 Å². The maximum Gasteiger partial charge on any atom is 0.408 e. The number of amides is 1. The van der Waals surface area contributed by atoms with Crippen molar-refractivity contribution in [3.63, 3.8) is 0 Å². The predicted octanol–water partition coefficient (Wildman–Crippen LogP) is 4.67. The molecule has 3 aromatic rings. The fourth-order valence-corrected chi connectivity index (χ4v) is 3.36. The van der Waals surface area contributed by atoms with Crippen molar-refractivity contribution in [2.75, 3.05) is 0 Å². The van der Waals surface area contributed by atoms with Crippen LogP contribution in [0.25, 0.3) is 0 Å². The van der Waals surface area contributed by atoms with Crippen LogP contribution in [0.15, 0.2) is 84.9 Å². The van der Waals surface area contributed by atoms with Crippen molar-refractivity contribution >= 4 is 17.7 Å². The molecule has 1 fully saturated rings. The van der Waals surface area contributed by atoms with Gasteiger partial charge in [0.15, 0.2) is 0 Å². The highest BCUT2D eigenvalue weighted by Crippen LogP contribution is 2.45. The number of carbonyl (C=O) groups is 3. The Hall–Kier alpha value is -3.73. The third-order valence-electron chi connectivity index (χ3n) is 5.25. The number of carbonyl (C=O) groups excluding carboxylic acids is 3. The summed E-state index contributed by atoms with van der Waals surface area (Å²) in [6.07, 6.45) is 1.11. The third-order valence-corrected chi connectivity index (χ3v) is 5.25. The number of rotatable bonds is 7. The Kier molecular flexibility index (Phi) is 5.44. The lowest BCUT2D eigenvalue weighted by Crippen LogP contribution is -2.35. The van der Waals surface area contributed by atoms with Gasteiger partial charge in [-0.1, -0.05) is 84.9 Å². The van der Waals surface area contributed by atoms with Crippen molar-refractivity contribution < 1.29 is 19.1 Å². The van der Waals surface area contributed by atoms with E-state index in [0.717, 1.165) is 24.0 Å². The summed E-state index contributed by atoms with van der Waals surface area (Å²) in [5, 5.41) is 2.94. The second-order valence-corrected chi connectivity index (χ2v) is 7.37. The summed E-state index contributed by atoms with van der Waals surface area (Å²) in [6.45, 7) is 0.206. The lowest BCUT2D eigenvalue weighted by molar-refractivity contribution is 0.0817. The highest BCUT2D eigenvalue weighted by atomic mass is 16.5. The van der Waals surface area contributed by atoms with Gasteiger partial charge in [0.1, 0.15) is 6.61 Å². The Balaban J connectivity index is 1.39. The molecule has 0 aliphatic heterocycles. The van der Waals surface area contributed by atoms with E-state index in [1.807, 2.05) is 30.3 Å². The Morgan fingerprint density at radius 3 is 1.83 bits per heavy atom. The smallest absolute Gasteiger partial charge is 0.408 e. The van der Waals surface area contributed by atoms with Crippen molar-refractivity contribution in [2.45, 2.75) is 25.0 Å². The summed E-state index contributed by atoms with van der Waals surface area (Å²) < 4.78 is 5.32. The molecule has 5 heteroatoms. The summed E-state index contributed by atoms with van der Waals surface area (Å²) in [4.78, 5) is 37.1. The average molecular weight is 399 g/mol. The first kappa shape index (κ1) is 19.6. The number of ether oxygens (including phenoxy) is 1. The number of hydrogen-bond acceptors (Lipinski definition) is 4. The fourth-order valence-electron chi connectivity index (χ4n) is 3.36. The lowest BCUT2D eigenvalue weighted by Gasteiger charge is -2.18. The molecule has 1 aliphatic carbocycles. The van der Waals surface area contributed by atoms with Gasteiger partial charge in [0, 0.05) is 11.1 Å². The standard InChI is InChI=1S/C25H21NO4/c27-22(19-9-5-2-6-10-19)23(28)20-11-13-21(14-12-20)25(15-16-25)26-24(29)30-17-18-7-3-1-4-8-18/h1-14H,15-17H2,(H,26,29). The largest absolute Gasteiger partial charge is 0.445 e. The molecule has 3 aromatic carbocycles. The molecule has 0 heterocycles. The zero-order valence-electron chi connectivity index (χ0n) is 16.3. The topological polar surface area (TPSA) is 72.5 Å². The second kappa shape index (κ2) is 8.33. The highest BCUT2D eigenvalue weighted by Gasteiger charge is 2.46. The van der Waals surface area contributed by atoms with Crippen LogP contribution in [0.4, 0.5) is 4.79 Å². The van der Waals surface area contributed by atoms with Crippen LogP contribution in [-0.4, -0.2) is 17.7 Å². The molecule has 1 N–H and O–H groups in total. The van der Waals surface area contributed by atoms with E-state index in [0.29, 0.717) is 11.1 Å². The quantitative estimate of drug-likeness (QED) is 0.463. The van der Waals surface area contributed by atoms with Gasteiger partial charge in [0.2, 0.25) is 11.6 Å². The van der Waals surface area contributed by atoms with E-state index in [9.17, 15) is 14.4 Å². The normalized spacial score (nSPS) is 13.9. The molecule has 1 amide bonds. The van der Waals surface area contributed by atoms with Crippen LogP contribution in [0.3, 0.4) is 0 Å². The monoisotopic (exact) mass is 399 g/mol. The molecular weight excluding hydrogens is 378 g/mol. The van der Waals surface area contributed by atoms with Gasteiger partial charge in [-0.15, -0.1) is 0 Å². The van der Waals surface area contributed by atoms with Crippen LogP contribution in [0.1, 0.15) is 44.7 Å². The van der Waals surface area contributed by atoms with E-state index >= 15 is 0 Å². The zero-order chi connectivity index (χ0) is 21.0. The first-order valence-electron chi connectivity index (χ1n) is 9.81. The molecule has 0 radical (unpaired) electrons. The molecule has 0 unspecified atom stereocenters. The van der Waals surface area contributed by atoms with Crippen molar-refractivity contribution in [1.82, 2.24) is 5.32 Å². The maximum atomic E-state index is 12.5. The summed E-state index contributed by atoms with van der Waals surface area (Å²) in [5.74, 6) is -1.08. The Morgan fingerprint density at radius 1 is 0.733 bits per heavy atom. The third kappa shape index (κ3) is 4.30. The molecule has 150 valence electrons. The summed E-state index contributed by atoms with van der Waals surface area (Å²) in [7, 11) is 0. The molecule has 5 nitrogen and oxygen atoms in total. The summed E-state index contributed by atoms with van der Waals surface area (Å²) in [6, 6.07) is 24.8. The molecule has 30 heavy (non-hydrogen) atoms. The number of alkyl carbamates (subject to hydrolysis) is 1. The number of hydrogen-bond donors (Lipinski definition) is 1. The van der Waals surface area contributed by atoms with E-state index in [1.54, 1.807) is 54.6 Å². The van der Waals surface area contributed by atoms with Crippen LogP contribution < -0.4 is 5.32 Å². The molecule has 0 aromatic heterocycles. The van der Waals surface area contributed by atoms with Gasteiger partial charge in [-0.25, -0.2) is 4.79 Å². The van der Waals surface area contributed by atoms with Crippen molar-refractivity contribution in [2.24, 2.45) is 0 Å². The summed E-state index contributed by atoms with van der Waals surface area (Å²) in [5.41, 5.74) is 2.04. The van der Waals surface area contributed by atoms with Gasteiger partial charge in [-0.05, 0) is 24.0 Å². The lowest BCUT2D eigenvalue weighted by atomic mass is 9.98. The molecular formula is C25H21NO4. The van der Waals surface area contributed by atoms with Gasteiger partial charge in [0.05, 0.1) is 5.54 Å².